The SMILES string of the molecule is CCCCOC(C1COC(C)(C)O1)[C@H](OC)[C@@H](O)C#N. The minimum Gasteiger partial charge on any atom is -0.375 e. The Morgan fingerprint density at radius 3 is 2.65 bits per heavy atom. The number of nitrogens with zero attached hydrogens (tertiary/aromatic N) is 1. The van der Waals surface area contributed by atoms with E-state index in [9.17, 15) is 5.11 Å². The first-order chi connectivity index (χ1) is 9.45. The highest BCUT2D eigenvalue weighted by Gasteiger charge is 2.43. The number of hydrogen-bond donors (Lipinski definition) is 1. The summed E-state index contributed by atoms with van der Waals surface area (Å²) in [7, 11) is 1.45. The van der Waals surface area contributed by atoms with Crippen molar-refractivity contribution in [2.75, 3.05) is 20.3 Å². The Morgan fingerprint density at radius 1 is 1.50 bits per heavy atom. The van der Waals surface area contributed by atoms with Gasteiger partial charge >= 0.3 is 0 Å². The minimum absolute atomic E-state index is 0.349. The summed E-state index contributed by atoms with van der Waals surface area (Å²) in [5.74, 6) is -0.688. The highest BCUT2D eigenvalue weighted by atomic mass is 16.8. The molecule has 1 aliphatic heterocycles. The van der Waals surface area contributed by atoms with Crippen molar-refractivity contribution in [3.05, 3.63) is 0 Å². The number of aliphatic hydroxyl groups is 1. The smallest absolute Gasteiger partial charge is 0.169 e. The quantitative estimate of drug-likeness (QED) is 0.534. The maximum atomic E-state index is 9.77. The predicted molar refractivity (Wildman–Crippen MR) is 72.0 cm³/mol. The third-order valence-electron chi connectivity index (χ3n) is 3.24. The van der Waals surface area contributed by atoms with E-state index in [4.69, 9.17) is 24.2 Å². The molecule has 1 N–H and O–H groups in total. The molecule has 0 spiro atoms. The molecule has 0 saturated carbocycles. The van der Waals surface area contributed by atoms with Crippen LogP contribution in [0, 0.1) is 11.3 Å². The zero-order valence-electron chi connectivity index (χ0n) is 12.7. The highest BCUT2D eigenvalue weighted by Crippen LogP contribution is 2.28. The molecule has 20 heavy (non-hydrogen) atoms. The first-order valence-corrected chi connectivity index (χ1v) is 6.99. The van der Waals surface area contributed by atoms with E-state index >= 15 is 0 Å². The molecule has 0 aromatic carbocycles. The molecule has 0 aromatic heterocycles. The number of nitriles is 1. The van der Waals surface area contributed by atoms with E-state index in [2.05, 4.69) is 6.92 Å². The molecule has 1 saturated heterocycles. The molecule has 1 rings (SSSR count). The van der Waals surface area contributed by atoms with Gasteiger partial charge in [-0.2, -0.15) is 5.26 Å². The molecule has 116 valence electrons. The van der Waals surface area contributed by atoms with Gasteiger partial charge in [-0.05, 0) is 20.3 Å². The average Bonchev–Trinajstić information content (AvgIpc) is 2.77. The molecular weight excluding hydrogens is 262 g/mol. The van der Waals surface area contributed by atoms with Gasteiger partial charge in [0.05, 0.1) is 12.7 Å². The van der Waals surface area contributed by atoms with Gasteiger partial charge < -0.3 is 24.1 Å². The third kappa shape index (κ3) is 4.69. The lowest BCUT2D eigenvalue weighted by Crippen LogP contribution is -2.48. The Labute approximate surface area is 120 Å². The van der Waals surface area contributed by atoms with Gasteiger partial charge in [-0.25, -0.2) is 0 Å². The van der Waals surface area contributed by atoms with Crippen LogP contribution in [0.1, 0.15) is 33.6 Å². The molecule has 0 aromatic rings. The molecule has 6 heteroatoms. The zero-order chi connectivity index (χ0) is 15.2. The molecule has 1 aliphatic rings. The summed E-state index contributed by atoms with van der Waals surface area (Å²) in [6.07, 6.45) is -1.04. The van der Waals surface area contributed by atoms with Gasteiger partial charge in [0, 0.05) is 13.7 Å². The van der Waals surface area contributed by atoms with Gasteiger partial charge in [-0.15, -0.1) is 0 Å². The summed E-state index contributed by atoms with van der Waals surface area (Å²) in [6, 6.07) is 1.79. The monoisotopic (exact) mass is 287 g/mol. The molecule has 0 amide bonds. The van der Waals surface area contributed by atoms with E-state index in [0.717, 1.165) is 12.8 Å². The fourth-order valence-corrected chi connectivity index (χ4v) is 2.17. The molecule has 0 aliphatic carbocycles. The topological polar surface area (TPSA) is 80.9 Å². The first kappa shape index (κ1) is 17.3. The van der Waals surface area contributed by atoms with Crippen LogP contribution >= 0.6 is 0 Å². The average molecular weight is 287 g/mol. The van der Waals surface area contributed by atoms with E-state index in [0.29, 0.717) is 13.2 Å². The van der Waals surface area contributed by atoms with Crippen molar-refractivity contribution in [1.29, 1.82) is 5.26 Å². The Bertz CT molecular complexity index is 328. The fourth-order valence-electron chi connectivity index (χ4n) is 2.17. The molecule has 0 bridgehead atoms. The standard InChI is InChI=1S/C14H25NO5/c1-5-6-7-18-13(12(17-4)10(16)8-15)11-9-19-14(2,3)20-11/h10-13,16H,5-7,9H2,1-4H3/t10-,11?,12+,13?/m0/s1. The van der Waals surface area contributed by atoms with Crippen molar-refractivity contribution in [1.82, 2.24) is 0 Å². The van der Waals surface area contributed by atoms with Crippen molar-refractivity contribution in [3.63, 3.8) is 0 Å². The molecule has 2 unspecified atom stereocenters. The Kier molecular flexibility index (Phi) is 6.86. The molecule has 4 atom stereocenters. The van der Waals surface area contributed by atoms with Gasteiger partial charge in [0.15, 0.2) is 11.9 Å². The van der Waals surface area contributed by atoms with E-state index in [1.165, 1.54) is 7.11 Å². The number of ether oxygens (including phenoxy) is 4. The summed E-state index contributed by atoms with van der Waals surface area (Å²) in [5, 5.41) is 18.7. The van der Waals surface area contributed by atoms with Crippen molar-refractivity contribution in [2.45, 2.75) is 63.8 Å². The second kappa shape index (κ2) is 7.91. The van der Waals surface area contributed by atoms with Crippen molar-refractivity contribution >= 4 is 0 Å². The molecule has 1 fully saturated rings. The fraction of sp³-hybridized carbons (Fsp3) is 0.929. The lowest BCUT2D eigenvalue weighted by atomic mass is 10.0. The van der Waals surface area contributed by atoms with Gasteiger partial charge in [0.1, 0.15) is 18.3 Å². The molecule has 6 nitrogen and oxygen atoms in total. The molecule has 0 radical (unpaired) electrons. The summed E-state index contributed by atoms with van der Waals surface area (Å²) < 4.78 is 22.3. The Balaban J connectivity index is 2.76. The van der Waals surface area contributed by atoms with Crippen LogP contribution in [-0.2, 0) is 18.9 Å². The highest BCUT2D eigenvalue weighted by molar-refractivity contribution is 4.96. The van der Waals surface area contributed by atoms with Gasteiger partial charge in [-0.3, -0.25) is 0 Å². The predicted octanol–water partition coefficient (Wildman–Crippen LogP) is 1.22. The van der Waals surface area contributed by atoms with E-state index in [-0.39, 0.29) is 6.10 Å². The zero-order valence-corrected chi connectivity index (χ0v) is 12.7. The van der Waals surface area contributed by atoms with E-state index in [1.54, 1.807) is 6.07 Å². The van der Waals surface area contributed by atoms with Crippen LogP contribution in [0.25, 0.3) is 0 Å². The molecule has 1 heterocycles. The maximum absolute atomic E-state index is 9.77. The first-order valence-electron chi connectivity index (χ1n) is 6.99. The summed E-state index contributed by atoms with van der Waals surface area (Å²) in [5.41, 5.74) is 0. The van der Waals surface area contributed by atoms with Crippen LogP contribution in [-0.4, -0.2) is 55.6 Å². The number of hydrogen-bond acceptors (Lipinski definition) is 6. The maximum Gasteiger partial charge on any atom is 0.169 e. The Hall–Kier alpha value is -0.710. The lowest BCUT2D eigenvalue weighted by molar-refractivity contribution is -0.180. The van der Waals surface area contributed by atoms with E-state index in [1.807, 2.05) is 13.8 Å². The number of unbranched alkanes of at least 4 members (excludes halogenated alkanes) is 1. The van der Waals surface area contributed by atoms with Crippen molar-refractivity contribution in [2.24, 2.45) is 0 Å². The van der Waals surface area contributed by atoms with Crippen LogP contribution in [0.3, 0.4) is 0 Å². The third-order valence-corrected chi connectivity index (χ3v) is 3.24. The largest absolute Gasteiger partial charge is 0.375 e. The van der Waals surface area contributed by atoms with Gasteiger partial charge in [0.25, 0.3) is 0 Å². The normalized spacial score (nSPS) is 25.9. The lowest BCUT2D eigenvalue weighted by Gasteiger charge is -2.31. The van der Waals surface area contributed by atoms with Crippen molar-refractivity contribution in [3.8, 4) is 6.07 Å². The Morgan fingerprint density at radius 2 is 2.20 bits per heavy atom. The number of rotatable bonds is 8. The van der Waals surface area contributed by atoms with Gasteiger partial charge in [0.2, 0.25) is 0 Å². The number of aliphatic hydroxyl groups excluding tert-OH is 1. The minimum atomic E-state index is -1.26. The summed E-state index contributed by atoms with van der Waals surface area (Å²) in [6.45, 7) is 6.58. The van der Waals surface area contributed by atoms with Crippen LogP contribution in [0.15, 0.2) is 0 Å². The number of methoxy groups -OCH3 is 1. The summed E-state index contributed by atoms with van der Waals surface area (Å²) >= 11 is 0. The van der Waals surface area contributed by atoms with Crippen LogP contribution in [0.4, 0.5) is 0 Å². The molecular formula is C14H25NO5. The summed E-state index contributed by atoms with van der Waals surface area (Å²) in [4.78, 5) is 0. The second-order valence-electron chi connectivity index (χ2n) is 5.33. The van der Waals surface area contributed by atoms with E-state index < -0.39 is 24.1 Å². The van der Waals surface area contributed by atoms with Gasteiger partial charge in [-0.1, -0.05) is 13.3 Å². The van der Waals surface area contributed by atoms with Crippen LogP contribution < -0.4 is 0 Å². The second-order valence-corrected chi connectivity index (χ2v) is 5.33. The van der Waals surface area contributed by atoms with Crippen LogP contribution in [0.5, 0.6) is 0 Å². The van der Waals surface area contributed by atoms with Crippen LogP contribution in [0.2, 0.25) is 0 Å². The van der Waals surface area contributed by atoms with Crippen molar-refractivity contribution < 1.29 is 24.1 Å².